The van der Waals surface area contributed by atoms with E-state index in [1.54, 1.807) is 0 Å². The Morgan fingerprint density at radius 2 is 1.68 bits per heavy atom. The van der Waals surface area contributed by atoms with Gasteiger partial charge in [-0.1, -0.05) is 0 Å². The van der Waals surface area contributed by atoms with Crippen molar-refractivity contribution >= 4 is 5.91 Å². The predicted molar refractivity (Wildman–Crippen MR) is 72.7 cm³/mol. The maximum Gasteiger partial charge on any atom is 0.239 e. The minimum absolute atomic E-state index is 0.155. The molecule has 5 heteroatoms. The first kappa shape index (κ1) is 13.3. The summed E-state index contributed by atoms with van der Waals surface area (Å²) in [4.78, 5) is 16.9. The fraction of sp³-hybridized carbons (Fsp3) is 0.929. The van der Waals surface area contributed by atoms with Crippen LogP contribution in [0.4, 0.5) is 0 Å². The molecule has 0 bridgehead atoms. The normalized spacial score (nSPS) is 28.4. The molecule has 0 aromatic carbocycles. The minimum Gasteiger partial charge on any atom is -0.381 e. The van der Waals surface area contributed by atoms with Crippen molar-refractivity contribution in [1.82, 2.24) is 9.80 Å². The number of carbonyl (C=O) groups is 1. The molecule has 3 rings (SSSR count). The molecule has 2 heterocycles. The first-order valence-electron chi connectivity index (χ1n) is 7.62. The van der Waals surface area contributed by atoms with Gasteiger partial charge in [0.1, 0.15) is 0 Å². The van der Waals surface area contributed by atoms with Crippen molar-refractivity contribution in [2.45, 2.75) is 37.8 Å². The van der Waals surface area contributed by atoms with E-state index in [4.69, 9.17) is 10.5 Å². The van der Waals surface area contributed by atoms with Crippen molar-refractivity contribution in [2.24, 2.45) is 11.7 Å². The lowest BCUT2D eigenvalue weighted by atomic mass is 9.91. The Bertz CT molecular complexity index is 319. The Kier molecular flexibility index (Phi) is 4.05. The van der Waals surface area contributed by atoms with Gasteiger partial charge in [0.05, 0.1) is 6.04 Å². The first-order valence-corrected chi connectivity index (χ1v) is 7.62. The maximum atomic E-state index is 12.4. The molecule has 2 saturated heterocycles. The average molecular weight is 267 g/mol. The summed E-state index contributed by atoms with van der Waals surface area (Å²) in [5, 5.41) is 0. The van der Waals surface area contributed by atoms with Crippen LogP contribution in [0.3, 0.4) is 0 Å². The van der Waals surface area contributed by atoms with Crippen LogP contribution in [0.2, 0.25) is 0 Å². The summed E-state index contributed by atoms with van der Waals surface area (Å²) < 4.78 is 5.34. The van der Waals surface area contributed by atoms with Gasteiger partial charge in [-0.05, 0) is 31.6 Å². The molecule has 3 fully saturated rings. The summed E-state index contributed by atoms with van der Waals surface area (Å²) >= 11 is 0. The second kappa shape index (κ2) is 5.77. The quantitative estimate of drug-likeness (QED) is 0.785. The number of hydrogen-bond donors (Lipinski definition) is 1. The molecule has 3 aliphatic rings. The molecule has 1 aliphatic carbocycles. The Labute approximate surface area is 115 Å². The Balaban J connectivity index is 1.49. The van der Waals surface area contributed by atoms with Crippen LogP contribution in [0.1, 0.15) is 25.7 Å². The highest BCUT2D eigenvalue weighted by Crippen LogP contribution is 2.27. The Morgan fingerprint density at radius 1 is 1.05 bits per heavy atom. The Morgan fingerprint density at radius 3 is 2.26 bits per heavy atom. The van der Waals surface area contributed by atoms with Crippen LogP contribution >= 0.6 is 0 Å². The second-order valence-corrected chi connectivity index (χ2v) is 6.07. The van der Waals surface area contributed by atoms with E-state index in [1.807, 2.05) is 4.90 Å². The van der Waals surface area contributed by atoms with E-state index in [9.17, 15) is 4.79 Å². The fourth-order valence-electron chi connectivity index (χ4n) is 3.23. The van der Waals surface area contributed by atoms with Crippen LogP contribution in [0, 0.1) is 5.92 Å². The molecule has 2 aliphatic heterocycles. The lowest BCUT2D eigenvalue weighted by Crippen LogP contribution is -2.55. The highest BCUT2D eigenvalue weighted by Gasteiger charge is 2.35. The van der Waals surface area contributed by atoms with Gasteiger partial charge in [0.15, 0.2) is 0 Å². The summed E-state index contributed by atoms with van der Waals surface area (Å²) in [6, 6.07) is 0.484. The van der Waals surface area contributed by atoms with E-state index in [2.05, 4.69) is 4.90 Å². The van der Waals surface area contributed by atoms with Gasteiger partial charge >= 0.3 is 0 Å². The summed E-state index contributed by atoms with van der Waals surface area (Å²) in [5.41, 5.74) is 6.17. The highest BCUT2D eigenvalue weighted by atomic mass is 16.5. The average Bonchev–Trinajstić information content (AvgIpc) is 3.31. The monoisotopic (exact) mass is 267 g/mol. The van der Waals surface area contributed by atoms with Crippen molar-refractivity contribution in [3.8, 4) is 0 Å². The molecular formula is C14H25N3O2. The number of nitrogens with zero attached hydrogens (tertiary/aromatic N) is 2. The van der Waals surface area contributed by atoms with Gasteiger partial charge in [-0.15, -0.1) is 0 Å². The lowest BCUT2D eigenvalue weighted by Gasteiger charge is -2.37. The summed E-state index contributed by atoms with van der Waals surface area (Å²) in [7, 11) is 0. The number of nitrogens with two attached hydrogens (primary N) is 1. The number of ether oxygens (including phenoxy) is 1. The zero-order chi connectivity index (χ0) is 13.2. The molecule has 108 valence electrons. The second-order valence-electron chi connectivity index (χ2n) is 6.07. The molecule has 1 amide bonds. The van der Waals surface area contributed by atoms with Gasteiger partial charge < -0.3 is 15.4 Å². The Hall–Kier alpha value is -0.650. The zero-order valence-electron chi connectivity index (χ0n) is 11.6. The van der Waals surface area contributed by atoms with E-state index in [0.29, 0.717) is 5.92 Å². The molecule has 1 saturated carbocycles. The van der Waals surface area contributed by atoms with Crippen molar-refractivity contribution in [2.75, 3.05) is 39.4 Å². The third kappa shape index (κ3) is 3.09. The van der Waals surface area contributed by atoms with Gasteiger partial charge in [0, 0.05) is 45.4 Å². The van der Waals surface area contributed by atoms with Crippen LogP contribution in [0.15, 0.2) is 0 Å². The van der Waals surface area contributed by atoms with E-state index < -0.39 is 0 Å². The maximum absolute atomic E-state index is 12.4. The van der Waals surface area contributed by atoms with E-state index in [1.165, 1.54) is 12.8 Å². The number of piperazine rings is 1. The van der Waals surface area contributed by atoms with Crippen LogP contribution in [0.5, 0.6) is 0 Å². The van der Waals surface area contributed by atoms with Crippen LogP contribution < -0.4 is 5.73 Å². The zero-order valence-corrected chi connectivity index (χ0v) is 11.6. The summed E-state index contributed by atoms with van der Waals surface area (Å²) in [5.74, 6) is 0.463. The molecule has 19 heavy (non-hydrogen) atoms. The molecule has 2 N–H and O–H groups in total. The standard InChI is InChI=1S/C14H25N3O2/c15-13(11-3-9-19-10-4-11)14(18)17-7-5-16(6-8-17)12-1-2-12/h11-13H,1-10,15H2. The van der Waals surface area contributed by atoms with E-state index >= 15 is 0 Å². The van der Waals surface area contributed by atoms with Gasteiger partial charge in [0.2, 0.25) is 5.91 Å². The van der Waals surface area contributed by atoms with Crippen molar-refractivity contribution < 1.29 is 9.53 Å². The molecule has 0 spiro atoms. The molecule has 5 nitrogen and oxygen atoms in total. The van der Waals surface area contributed by atoms with Crippen LogP contribution in [-0.4, -0.2) is 67.2 Å². The third-order valence-corrected chi connectivity index (χ3v) is 4.75. The van der Waals surface area contributed by atoms with Gasteiger partial charge in [-0.3, -0.25) is 9.69 Å². The molecule has 0 radical (unpaired) electrons. The smallest absolute Gasteiger partial charge is 0.239 e. The topological polar surface area (TPSA) is 58.8 Å². The van der Waals surface area contributed by atoms with Crippen molar-refractivity contribution in [1.29, 1.82) is 0 Å². The highest BCUT2D eigenvalue weighted by molar-refractivity contribution is 5.82. The predicted octanol–water partition coefficient (Wildman–Crippen LogP) is 0.0469. The van der Waals surface area contributed by atoms with Crippen LogP contribution in [0.25, 0.3) is 0 Å². The molecule has 1 unspecified atom stereocenters. The molecule has 0 aromatic heterocycles. The molecular weight excluding hydrogens is 242 g/mol. The number of hydrogen-bond acceptors (Lipinski definition) is 4. The minimum atomic E-state index is -0.323. The van der Waals surface area contributed by atoms with Crippen molar-refractivity contribution in [3.05, 3.63) is 0 Å². The number of rotatable bonds is 3. The number of carbonyl (C=O) groups excluding carboxylic acids is 1. The summed E-state index contributed by atoms with van der Waals surface area (Å²) in [6.45, 7) is 5.26. The fourth-order valence-corrected chi connectivity index (χ4v) is 3.23. The molecule has 1 atom stereocenters. The van der Waals surface area contributed by atoms with Crippen molar-refractivity contribution in [3.63, 3.8) is 0 Å². The third-order valence-electron chi connectivity index (χ3n) is 4.75. The van der Waals surface area contributed by atoms with Gasteiger partial charge in [0.25, 0.3) is 0 Å². The van der Waals surface area contributed by atoms with Gasteiger partial charge in [-0.25, -0.2) is 0 Å². The van der Waals surface area contributed by atoms with Gasteiger partial charge in [-0.2, -0.15) is 0 Å². The van der Waals surface area contributed by atoms with Crippen LogP contribution in [-0.2, 0) is 9.53 Å². The molecule has 0 aromatic rings. The SMILES string of the molecule is NC(C(=O)N1CCN(C2CC2)CC1)C1CCOCC1. The van der Waals surface area contributed by atoms with E-state index in [-0.39, 0.29) is 11.9 Å². The lowest BCUT2D eigenvalue weighted by molar-refractivity contribution is -0.136. The largest absolute Gasteiger partial charge is 0.381 e. The van der Waals surface area contributed by atoms with E-state index in [0.717, 1.165) is 58.3 Å². The number of amides is 1. The first-order chi connectivity index (χ1) is 9.25. The summed E-state index contributed by atoms with van der Waals surface area (Å²) in [6.07, 6.45) is 4.54.